The molecule has 1 amide bonds. The van der Waals surface area contributed by atoms with Gasteiger partial charge in [-0.15, -0.1) is 0 Å². The molecule has 1 fully saturated rings. The van der Waals surface area contributed by atoms with E-state index in [1.54, 1.807) is 19.2 Å². The Kier molecular flexibility index (Phi) is 4.29. The highest BCUT2D eigenvalue weighted by atomic mass is 19.1. The summed E-state index contributed by atoms with van der Waals surface area (Å²) in [7, 11) is 1.64. The SMILES string of the molecule is COc1ccc2nc([C@H](c3ccc(F)cc3)[C@H]3CCC(=O)N3)ccc2c1. The molecule has 4 rings (SSSR count). The number of hydrogen-bond acceptors (Lipinski definition) is 3. The molecule has 0 radical (unpaired) electrons. The summed E-state index contributed by atoms with van der Waals surface area (Å²) in [5.41, 5.74) is 2.67. The lowest BCUT2D eigenvalue weighted by Gasteiger charge is -2.24. The number of fused-ring (bicyclic) bond motifs is 1. The van der Waals surface area contributed by atoms with Crippen LogP contribution in [-0.4, -0.2) is 24.0 Å². The van der Waals surface area contributed by atoms with Crippen molar-refractivity contribution in [1.82, 2.24) is 10.3 Å². The number of methoxy groups -OCH3 is 1. The lowest BCUT2D eigenvalue weighted by atomic mass is 9.87. The molecule has 2 heterocycles. The van der Waals surface area contributed by atoms with Crippen LogP contribution in [0.5, 0.6) is 5.75 Å². The van der Waals surface area contributed by atoms with E-state index in [1.807, 2.05) is 30.3 Å². The number of nitrogens with zero attached hydrogens (tertiary/aromatic N) is 1. The first-order valence-corrected chi connectivity index (χ1v) is 8.63. The Morgan fingerprint density at radius 1 is 1.15 bits per heavy atom. The van der Waals surface area contributed by atoms with Gasteiger partial charge in [0, 0.05) is 23.8 Å². The minimum Gasteiger partial charge on any atom is -0.497 e. The quantitative estimate of drug-likeness (QED) is 0.779. The summed E-state index contributed by atoms with van der Waals surface area (Å²) in [4.78, 5) is 16.6. The van der Waals surface area contributed by atoms with Gasteiger partial charge in [0.1, 0.15) is 11.6 Å². The van der Waals surface area contributed by atoms with Crippen molar-refractivity contribution in [2.45, 2.75) is 24.8 Å². The molecule has 0 unspecified atom stereocenters. The average molecular weight is 350 g/mol. The summed E-state index contributed by atoms with van der Waals surface area (Å²) in [6.07, 6.45) is 1.25. The average Bonchev–Trinajstić information content (AvgIpc) is 3.09. The molecule has 132 valence electrons. The summed E-state index contributed by atoms with van der Waals surface area (Å²) in [6.45, 7) is 0. The van der Waals surface area contributed by atoms with Crippen molar-refractivity contribution in [3.8, 4) is 5.75 Å². The van der Waals surface area contributed by atoms with Gasteiger partial charge in [-0.1, -0.05) is 18.2 Å². The molecular formula is C21H19FN2O2. The zero-order valence-electron chi connectivity index (χ0n) is 14.4. The molecule has 0 aliphatic carbocycles. The van der Waals surface area contributed by atoms with Crippen molar-refractivity contribution in [2.24, 2.45) is 0 Å². The number of carbonyl (C=O) groups is 1. The summed E-state index contributed by atoms with van der Waals surface area (Å²) in [6, 6.07) is 16.1. The maximum absolute atomic E-state index is 13.4. The first kappa shape index (κ1) is 16.5. The van der Waals surface area contributed by atoms with Gasteiger partial charge in [-0.05, 0) is 48.4 Å². The Bertz CT molecular complexity index is 956. The van der Waals surface area contributed by atoms with Crippen molar-refractivity contribution in [3.05, 3.63) is 71.7 Å². The van der Waals surface area contributed by atoms with E-state index >= 15 is 0 Å². The van der Waals surface area contributed by atoms with Crippen molar-refractivity contribution in [2.75, 3.05) is 7.11 Å². The van der Waals surface area contributed by atoms with Crippen LogP contribution in [0, 0.1) is 5.82 Å². The minimum absolute atomic E-state index is 0.0452. The van der Waals surface area contributed by atoms with E-state index in [2.05, 4.69) is 5.32 Å². The number of halogens is 1. The first-order chi connectivity index (χ1) is 12.6. The highest BCUT2D eigenvalue weighted by molar-refractivity contribution is 5.81. The molecule has 0 saturated carbocycles. The number of ether oxygens (including phenoxy) is 1. The fourth-order valence-electron chi connectivity index (χ4n) is 3.59. The van der Waals surface area contributed by atoms with Crippen LogP contribution in [0.15, 0.2) is 54.6 Å². The van der Waals surface area contributed by atoms with Gasteiger partial charge in [-0.2, -0.15) is 0 Å². The maximum atomic E-state index is 13.4. The number of hydrogen-bond donors (Lipinski definition) is 1. The Labute approximate surface area is 151 Å². The van der Waals surface area contributed by atoms with E-state index in [4.69, 9.17) is 9.72 Å². The fraction of sp³-hybridized carbons (Fsp3) is 0.238. The summed E-state index contributed by atoms with van der Waals surface area (Å²) >= 11 is 0. The molecular weight excluding hydrogens is 331 g/mol. The second kappa shape index (κ2) is 6.75. The van der Waals surface area contributed by atoms with Gasteiger partial charge in [0.2, 0.25) is 5.91 Å². The van der Waals surface area contributed by atoms with Crippen LogP contribution < -0.4 is 10.1 Å². The van der Waals surface area contributed by atoms with E-state index in [9.17, 15) is 9.18 Å². The predicted molar refractivity (Wildman–Crippen MR) is 97.7 cm³/mol. The Hall–Kier alpha value is -2.95. The van der Waals surface area contributed by atoms with E-state index in [-0.39, 0.29) is 23.7 Å². The number of rotatable bonds is 4. The first-order valence-electron chi connectivity index (χ1n) is 8.63. The molecule has 1 saturated heterocycles. The highest BCUT2D eigenvalue weighted by Gasteiger charge is 2.32. The monoisotopic (exact) mass is 350 g/mol. The largest absolute Gasteiger partial charge is 0.497 e. The van der Waals surface area contributed by atoms with Crippen LogP contribution in [0.25, 0.3) is 10.9 Å². The third-order valence-electron chi connectivity index (χ3n) is 4.90. The van der Waals surface area contributed by atoms with Crippen molar-refractivity contribution < 1.29 is 13.9 Å². The molecule has 2 atom stereocenters. The summed E-state index contributed by atoms with van der Waals surface area (Å²) in [5.74, 6) is 0.438. The standard InChI is InChI=1S/C21H19FN2O2/c1-26-16-7-9-17-14(12-16)4-8-18(23-17)21(19-10-11-20(25)24-19)13-2-5-15(22)6-3-13/h2-9,12,19,21H,10-11H2,1H3,(H,24,25)/t19-,21+/m1/s1. The van der Waals surface area contributed by atoms with E-state index in [0.29, 0.717) is 6.42 Å². The second-order valence-electron chi connectivity index (χ2n) is 6.54. The second-order valence-corrected chi connectivity index (χ2v) is 6.54. The van der Waals surface area contributed by atoms with Crippen molar-refractivity contribution >= 4 is 16.8 Å². The van der Waals surface area contributed by atoms with Gasteiger partial charge in [0.25, 0.3) is 0 Å². The fourth-order valence-corrected chi connectivity index (χ4v) is 3.59. The predicted octanol–water partition coefficient (Wildman–Crippen LogP) is 3.79. The number of benzene rings is 2. The smallest absolute Gasteiger partial charge is 0.220 e. The highest BCUT2D eigenvalue weighted by Crippen LogP contribution is 2.33. The lowest BCUT2D eigenvalue weighted by molar-refractivity contribution is -0.119. The normalized spacial score (nSPS) is 17.9. The van der Waals surface area contributed by atoms with E-state index < -0.39 is 0 Å². The van der Waals surface area contributed by atoms with Crippen LogP contribution in [-0.2, 0) is 4.79 Å². The molecule has 1 aliphatic heterocycles. The van der Waals surface area contributed by atoms with Gasteiger partial charge in [0.05, 0.1) is 18.3 Å². The van der Waals surface area contributed by atoms with Crippen LogP contribution >= 0.6 is 0 Å². The molecule has 0 spiro atoms. The number of aromatic nitrogens is 1. The van der Waals surface area contributed by atoms with Gasteiger partial charge in [-0.25, -0.2) is 4.39 Å². The van der Waals surface area contributed by atoms with Gasteiger partial charge < -0.3 is 10.1 Å². The zero-order valence-corrected chi connectivity index (χ0v) is 14.4. The number of carbonyl (C=O) groups excluding carboxylic acids is 1. The molecule has 1 aliphatic rings. The summed E-state index contributed by atoms with van der Waals surface area (Å²) in [5, 5.41) is 4.03. The molecule has 5 heteroatoms. The van der Waals surface area contributed by atoms with Gasteiger partial charge in [-0.3, -0.25) is 9.78 Å². The van der Waals surface area contributed by atoms with E-state index in [1.165, 1.54) is 12.1 Å². The lowest BCUT2D eigenvalue weighted by Crippen LogP contribution is -2.32. The van der Waals surface area contributed by atoms with Crippen LogP contribution in [0.3, 0.4) is 0 Å². The molecule has 26 heavy (non-hydrogen) atoms. The maximum Gasteiger partial charge on any atom is 0.220 e. The van der Waals surface area contributed by atoms with Crippen LogP contribution in [0.2, 0.25) is 0 Å². The number of nitrogens with one attached hydrogen (secondary N) is 1. The molecule has 4 nitrogen and oxygen atoms in total. The molecule has 1 aromatic heterocycles. The molecule has 0 bridgehead atoms. The van der Waals surface area contributed by atoms with E-state index in [0.717, 1.165) is 34.3 Å². The number of amides is 1. The third kappa shape index (κ3) is 3.12. The Morgan fingerprint density at radius 2 is 1.96 bits per heavy atom. The number of pyridine rings is 1. The van der Waals surface area contributed by atoms with Gasteiger partial charge in [0.15, 0.2) is 0 Å². The minimum atomic E-state index is -0.276. The Morgan fingerprint density at radius 3 is 2.65 bits per heavy atom. The zero-order chi connectivity index (χ0) is 18.1. The Balaban J connectivity index is 1.78. The molecule has 1 N–H and O–H groups in total. The van der Waals surface area contributed by atoms with Gasteiger partial charge >= 0.3 is 0 Å². The third-order valence-corrected chi connectivity index (χ3v) is 4.90. The van der Waals surface area contributed by atoms with Crippen molar-refractivity contribution in [1.29, 1.82) is 0 Å². The van der Waals surface area contributed by atoms with Crippen LogP contribution in [0.4, 0.5) is 4.39 Å². The summed E-state index contributed by atoms with van der Waals surface area (Å²) < 4.78 is 18.6. The topological polar surface area (TPSA) is 51.2 Å². The van der Waals surface area contributed by atoms with Crippen LogP contribution in [0.1, 0.15) is 30.0 Å². The van der Waals surface area contributed by atoms with Crippen molar-refractivity contribution in [3.63, 3.8) is 0 Å². The molecule has 2 aromatic carbocycles. The molecule has 3 aromatic rings.